The quantitative estimate of drug-likeness (QED) is 0.815. The van der Waals surface area contributed by atoms with Crippen molar-refractivity contribution in [2.24, 2.45) is 0 Å². The first kappa shape index (κ1) is 19.9. The Kier molecular flexibility index (Phi) is 5.33. The number of halogens is 3. The van der Waals surface area contributed by atoms with Gasteiger partial charge in [-0.1, -0.05) is 0 Å². The molecule has 0 radical (unpaired) electrons. The molecule has 9 heteroatoms. The second-order valence-corrected chi connectivity index (χ2v) is 7.76. The van der Waals surface area contributed by atoms with E-state index >= 15 is 0 Å². The number of hydrogen-bond acceptors (Lipinski definition) is 5. The van der Waals surface area contributed by atoms with E-state index in [-0.39, 0.29) is 23.2 Å². The van der Waals surface area contributed by atoms with Gasteiger partial charge in [-0.2, -0.15) is 13.2 Å². The minimum Gasteiger partial charge on any atom is -0.358 e. The Bertz CT molecular complexity index is 895. The van der Waals surface area contributed by atoms with Crippen molar-refractivity contribution in [3.63, 3.8) is 0 Å². The summed E-state index contributed by atoms with van der Waals surface area (Å²) in [6.07, 6.45) is 1.47. The Balaban J connectivity index is 1.51. The molecule has 1 atom stereocenters. The van der Waals surface area contributed by atoms with Crippen LogP contribution < -0.4 is 10.6 Å². The Morgan fingerprint density at radius 2 is 1.86 bits per heavy atom. The molecule has 156 valence electrons. The van der Waals surface area contributed by atoms with E-state index in [9.17, 15) is 18.0 Å². The number of benzene rings is 1. The number of hydrogen-bond donors (Lipinski definition) is 2. The summed E-state index contributed by atoms with van der Waals surface area (Å²) in [7, 11) is 1.96. The molecule has 29 heavy (non-hydrogen) atoms. The van der Waals surface area contributed by atoms with Crippen LogP contribution in [0.2, 0.25) is 0 Å². The van der Waals surface area contributed by atoms with Gasteiger partial charge in [0.05, 0.1) is 11.1 Å². The lowest BCUT2D eigenvalue weighted by molar-refractivity contribution is -0.137. The number of amides is 1. The van der Waals surface area contributed by atoms with Crippen molar-refractivity contribution in [3.05, 3.63) is 30.1 Å². The van der Waals surface area contributed by atoms with E-state index in [0.29, 0.717) is 24.5 Å². The highest BCUT2D eigenvalue weighted by Gasteiger charge is 2.38. The third kappa shape index (κ3) is 4.01. The first-order valence-electron chi connectivity index (χ1n) is 9.93. The molecule has 1 amide bonds. The van der Waals surface area contributed by atoms with Crippen LogP contribution in [0.5, 0.6) is 0 Å². The van der Waals surface area contributed by atoms with Crippen molar-refractivity contribution in [1.82, 2.24) is 20.2 Å². The maximum atomic E-state index is 13.1. The smallest absolute Gasteiger partial charge is 0.358 e. The fourth-order valence-electron chi connectivity index (χ4n) is 4.39. The number of fused-ring (bicyclic) bond motifs is 1. The van der Waals surface area contributed by atoms with Crippen molar-refractivity contribution >= 4 is 22.6 Å². The molecular weight excluding hydrogens is 383 g/mol. The van der Waals surface area contributed by atoms with E-state index in [2.05, 4.69) is 20.6 Å². The highest BCUT2D eigenvalue weighted by molar-refractivity contribution is 5.93. The van der Waals surface area contributed by atoms with E-state index in [1.165, 1.54) is 12.4 Å². The molecule has 2 aromatic rings. The summed E-state index contributed by atoms with van der Waals surface area (Å²) in [4.78, 5) is 23.0. The molecule has 2 fully saturated rings. The van der Waals surface area contributed by atoms with Crippen LogP contribution in [0.25, 0.3) is 10.9 Å². The topological polar surface area (TPSA) is 70.2 Å². The molecule has 2 heterocycles. The molecule has 0 spiro atoms. The number of carbonyl (C=O) groups excluding carboxylic acids is 1. The summed E-state index contributed by atoms with van der Waals surface area (Å²) in [5.41, 5.74) is -0.355. The van der Waals surface area contributed by atoms with Gasteiger partial charge in [0.15, 0.2) is 0 Å². The molecular formula is C20H24F3N5O. The van der Waals surface area contributed by atoms with Gasteiger partial charge >= 0.3 is 6.18 Å². The molecule has 6 nitrogen and oxygen atoms in total. The summed E-state index contributed by atoms with van der Waals surface area (Å²) in [6, 6.07) is 3.63. The lowest BCUT2D eigenvalue weighted by atomic mass is 9.90. The number of alkyl halides is 3. The van der Waals surface area contributed by atoms with Crippen molar-refractivity contribution < 1.29 is 18.0 Å². The molecule has 2 aliphatic rings. The lowest BCUT2D eigenvalue weighted by Crippen LogP contribution is -2.44. The maximum Gasteiger partial charge on any atom is 0.416 e. The largest absolute Gasteiger partial charge is 0.416 e. The number of rotatable bonds is 4. The van der Waals surface area contributed by atoms with Crippen LogP contribution in [-0.4, -0.2) is 52.5 Å². The van der Waals surface area contributed by atoms with Crippen LogP contribution in [-0.2, 0) is 11.0 Å². The first-order valence-corrected chi connectivity index (χ1v) is 9.93. The molecule has 1 aromatic carbocycles. The van der Waals surface area contributed by atoms with E-state index in [4.69, 9.17) is 0 Å². The summed E-state index contributed by atoms with van der Waals surface area (Å²) in [6.45, 7) is 0.655. The van der Waals surface area contributed by atoms with Gasteiger partial charge in [0, 0.05) is 24.0 Å². The average Bonchev–Trinajstić information content (AvgIpc) is 3.07. The Labute approximate surface area is 166 Å². The number of nitrogens with zero attached hydrogens (tertiary/aromatic N) is 3. The monoisotopic (exact) mass is 407 g/mol. The van der Waals surface area contributed by atoms with E-state index < -0.39 is 17.8 Å². The standard InChI is InChI=1S/C20H24F3N5O/c1-24-13-3-5-14(6-4-13)28-9-8-17(19(28)29)27-18-15-10-12(20(21,22)23)2-7-16(15)25-11-26-18/h2,7,10-11,13-14,17,24H,3-6,8-9H2,1H3,(H,25,26,27)/t13?,14?,17-/m0/s1. The zero-order valence-electron chi connectivity index (χ0n) is 16.2. The molecule has 0 bridgehead atoms. The molecule has 1 aromatic heterocycles. The average molecular weight is 407 g/mol. The van der Waals surface area contributed by atoms with Crippen LogP contribution in [0.4, 0.5) is 19.0 Å². The summed E-state index contributed by atoms with van der Waals surface area (Å²) >= 11 is 0. The van der Waals surface area contributed by atoms with Crippen LogP contribution in [0.15, 0.2) is 24.5 Å². The first-order chi connectivity index (χ1) is 13.9. The van der Waals surface area contributed by atoms with Gasteiger partial charge < -0.3 is 15.5 Å². The van der Waals surface area contributed by atoms with Gasteiger partial charge in [-0.3, -0.25) is 4.79 Å². The molecule has 4 rings (SSSR count). The highest BCUT2D eigenvalue weighted by Crippen LogP contribution is 2.33. The maximum absolute atomic E-state index is 13.1. The minimum atomic E-state index is -4.45. The number of likely N-dealkylation sites (tertiary alicyclic amines) is 1. The number of carbonyl (C=O) groups is 1. The second-order valence-electron chi connectivity index (χ2n) is 7.76. The molecule has 1 aliphatic heterocycles. The van der Waals surface area contributed by atoms with E-state index in [1.54, 1.807) is 0 Å². The van der Waals surface area contributed by atoms with Gasteiger partial charge in [-0.15, -0.1) is 0 Å². The molecule has 1 saturated carbocycles. The Hall–Kier alpha value is -2.42. The van der Waals surface area contributed by atoms with Gasteiger partial charge in [0.1, 0.15) is 18.2 Å². The number of anilines is 1. The van der Waals surface area contributed by atoms with Gasteiger partial charge in [0.2, 0.25) is 5.91 Å². The van der Waals surface area contributed by atoms with E-state index in [0.717, 1.165) is 37.8 Å². The van der Waals surface area contributed by atoms with Gasteiger partial charge in [0.25, 0.3) is 0 Å². The highest BCUT2D eigenvalue weighted by atomic mass is 19.4. The number of nitrogens with one attached hydrogen (secondary N) is 2. The molecule has 2 N–H and O–H groups in total. The van der Waals surface area contributed by atoms with Crippen molar-refractivity contribution in [1.29, 1.82) is 0 Å². The fourth-order valence-corrected chi connectivity index (χ4v) is 4.39. The van der Waals surface area contributed by atoms with Gasteiger partial charge in [-0.05, 0) is 57.4 Å². The van der Waals surface area contributed by atoms with Crippen molar-refractivity contribution in [2.75, 3.05) is 18.9 Å². The van der Waals surface area contributed by atoms with Crippen LogP contribution >= 0.6 is 0 Å². The predicted octanol–water partition coefficient (Wildman–Crippen LogP) is 3.19. The summed E-state index contributed by atoms with van der Waals surface area (Å²) in [5, 5.41) is 6.64. The van der Waals surface area contributed by atoms with E-state index in [1.807, 2.05) is 11.9 Å². The third-order valence-electron chi connectivity index (χ3n) is 6.06. The molecule has 1 saturated heterocycles. The second kappa shape index (κ2) is 7.78. The zero-order valence-corrected chi connectivity index (χ0v) is 16.2. The lowest BCUT2D eigenvalue weighted by Gasteiger charge is -2.34. The number of aromatic nitrogens is 2. The predicted molar refractivity (Wildman–Crippen MR) is 103 cm³/mol. The molecule has 0 unspecified atom stereocenters. The van der Waals surface area contributed by atoms with Crippen molar-refractivity contribution in [3.8, 4) is 0 Å². The van der Waals surface area contributed by atoms with Gasteiger partial charge in [-0.25, -0.2) is 9.97 Å². The summed E-state index contributed by atoms with van der Waals surface area (Å²) in [5.74, 6) is 0.261. The SMILES string of the molecule is CNC1CCC(N2CC[C@H](Nc3ncnc4ccc(C(F)(F)F)cc34)C2=O)CC1. The Morgan fingerprint density at radius 3 is 2.55 bits per heavy atom. The third-order valence-corrected chi connectivity index (χ3v) is 6.06. The van der Waals surface area contributed by atoms with Crippen LogP contribution in [0.1, 0.15) is 37.7 Å². The minimum absolute atomic E-state index is 0.00311. The Morgan fingerprint density at radius 1 is 1.10 bits per heavy atom. The molecule has 1 aliphatic carbocycles. The normalized spacial score (nSPS) is 25.6. The van der Waals surface area contributed by atoms with Crippen molar-refractivity contribution in [2.45, 2.75) is 56.4 Å². The fraction of sp³-hybridized carbons (Fsp3) is 0.550. The van der Waals surface area contributed by atoms with Crippen LogP contribution in [0.3, 0.4) is 0 Å². The zero-order chi connectivity index (χ0) is 20.6. The van der Waals surface area contributed by atoms with Crippen LogP contribution in [0, 0.1) is 0 Å². The summed E-state index contributed by atoms with van der Waals surface area (Å²) < 4.78 is 39.3.